The third-order valence-corrected chi connectivity index (χ3v) is 5.14. The van der Waals surface area contributed by atoms with Gasteiger partial charge >= 0.3 is 5.97 Å². The van der Waals surface area contributed by atoms with Gasteiger partial charge in [0.1, 0.15) is 11.5 Å². The Morgan fingerprint density at radius 2 is 1.72 bits per heavy atom. The fourth-order valence-electron chi connectivity index (χ4n) is 2.82. The first-order chi connectivity index (χ1) is 15.4. The number of carbonyl (C=O) groups is 1. The van der Waals surface area contributed by atoms with Crippen LogP contribution in [-0.4, -0.2) is 12.6 Å². The standard InChI is InChI=1S/C25H18Cl3NO3/c26-20-8-6-18(7-9-20)19(16-29)13-17-3-1-4-22(14-17)32-25(30)5-2-12-31-24-11-10-21(27)15-23(24)28/h1,3-4,6-11,13-15H,2,5,12H2/b19-13-. The van der Waals surface area contributed by atoms with E-state index in [0.717, 1.165) is 11.1 Å². The minimum atomic E-state index is -0.379. The lowest BCUT2D eigenvalue weighted by Gasteiger charge is -2.08. The quantitative estimate of drug-likeness (QED) is 0.109. The van der Waals surface area contributed by atoms with Gasteiger partial charge in [-0.05, 0) is 66.1 Å². The van der Waals surface area contributed by atoms with Crippen molar-refractivity contribution in [3.8, 4) is 17.6 Å². The van der Waals surface area contributed by atoms with Crippen molar-refractivity contribution in [2.24, 2.45) is 0 Å². The molecule has 0 aliphatic carbocycles. The van der Waals surface area contributed by atoms with Crippen molar-refractivity contribution in [2.45, 2.75) is 12.8 Å². The van der Waals surface area contributed by atoms with Crippen molar-refractivity contribution in [3.05, 3.63) is 92.9 Å². The topological polar surface area (TPSA) is 59.3 Å². The van der Waals surface area contributed by atoms with Gasteiger partial charge in [-0.2, -0.15) is 5.26 Å². The molecule has 0 heterocycles. The highest BCUT2D eigenvalue weighted by Gasteiger charge is 2.08. The molecule has 0 radical (unpaired) electrons. The average molecular weight is 487 g/mol. The lowest BCUT2D eigenvalue weighted by atomic mass is 10.0. The molecule has 3 aromatic carbocycles. The van der Waals surface area contributed by atoms with E-state index in [1.54, 1.807) is 66.7 Å². The number of esters is 1. The van der Waals surface area contributed by atoms with Gasteiger partial charge in [0, 0.05) is 16.5 Å². The average Bonchev–Trinajstić information content (AvgIpc) is 2.77. The summed E-state index contributed by atoms with van der Waals surface area (Å²) in [5, 5.41) is 11.0. The minimum Gasteiger partial charge on any atom is -0.492 e. The van der Waals surface area contributed by atoms with Gasteiger partial charge in [0.25, 0.3) is 0 Å². The molecular formula is C25H18Cl3NO3. The minimum absolute atomic E-state index is 0.180. The largest absolute Gasteiger partial charge is 0.492 e. The Morgan fingerprint density at radius 1 is 0.969 bits per heavy atom. The Bertz CT molecular complexity index is 1170. The molecule has 0 N–H and O–H groups in total. The molecule has 0 bridgehead atoms. The lowest BCUT2D eigenvalue weighted by Crippen LogP contribution is -2.10. The Labute approximate surface area is 201 Å². The molecule has 3 rings (SSSR count). The highest BCUT2D eigenvalue weighted by Crippen LogP contribution is 2.27. The molecule has 3 aromatic rings. The van der Waals surface area contributed by atoms with E-state index in [1.165, 1.54) is 0 Å². The predicted molar refractivity (Wildman–Crippen MR) is 128 cm³/mol. The number of nitriles is 1. The second kappa shape index (κ2) is 11.6. The smallest absolute Gasteiger partial charge is 0.311 e. The van der Waals surface area contributed by atoms with E-state index < -0.39 is 0 Å². The maximum atomic E-state index is 12.2. The van der Waals surface area contributed by atoms with Gasteiger partial charge in [-0.25, -0.2) is 0 Å². The number of halogens is 3. The summed E-state index contributed by atoms with van der Waals surface area (Å²) in [5.74, 6) is 0.534. The van der Waals surface area contributed by atoms with Crippen LogP contribution in [0.1, 0.15) is 24.0 Å². The van der Waals surface area contributed by atoms with Crippen LogP contribution in [-0.2, 0) is 4.79 Å². The van der Waals surface area contributed by atoms with E-state index in [0.29, 0.717) is 45.2 Å². The summed E-state index contributed by atoms with van der Waals surface area (Å²) in [6.07, 6.45) is 2.37. The molecule has 0 saturated carbocycles. The van der Waals surface area contributed by atoms with Crippen LogP contribution in [0.3, 0.4) is 0 Å². The molecule has 0 fully saturated rings. The van der Waals surface area contributed by atoms with Crippen molar-refractivity contribution < 1.29 is 14.3 Å². The van der Waals surface area contributed by atoms with Gasteiger partial charge in [0.05, 0.1) is 23.3 Å². The number of nitrogens with zero attached hydrogens (tertiary/aromatic N) is 1. The number of allylic oxidation sites excluding steroid dienone is 1. The molecular weight excluding hydrogens is 469 g/mol. The second-order valence-corrected chi connectivity index (χ2v) is 8.03. The van der Waals surface area contributed by atoms with Gasteiger partial charge in [-0.1, -0.05) is 59.1 Å². The van der Waals surface area contributed by atoms with E-state index in [2.05, 4.69) is 6.07 Å². The molecule has 0 aromatic heterocycles. The molecule has 7 heteroatoms. The fourth-order valence-corrected chi connectivity index (χ4v) is 3.41. The van der Waals surface area contributed by atoms with E-state index in [9.17, 15) is 10.1 Å². The molecule has 4 nitrogen and oxygen atoms in total. The highest BCUT2D eigenvalue weighted by molar-refractivity contribution is 6.35. The maximum Gasteiger partial charge on any atom is 0.311 e. The maximum absolute atomic E-state index is 12.2. The normalized spacial score (nSPS) is 11.0. The number of carbonyl (C=O) groups excluding carboxylic acids is 1. The lowest BCUT2D eigenvalue weighted by molar-refractivity contribution is -0.134. The summed E-state index contributed by atoms with van der Waals surface area (Å²) < 4.78 is 11.0. The summed E-state index contributed by atoms with van der Waals surface area (Å²) in [7, 11) is 0. The van der Waals surface area contributed by atoms with E-state index >= 15 is 0 Å². The fraction of sp³-hybridized carbons (Fsp3) is 0.120. The molecule has 0 saturated heterocycles. The third kappa shape index (κ3) is 7.03. The molecule has 0 aliphatic rings. The monoisotopic (exact) mass is 485 g/mol. The van der Waals surface area contributed by atoms with Crippen LogP contribution in [0.15, 0.2) is 66.7 Å². The van der Waals surface area contributed by atoms with Crippen LogP contribution in [0.25, 0.3) is 11.6 Å². The Balaban J connectivity index is 1.55. The summed E-state index contributed by atoms with van der Waals surface area (Å²) in [4.78, 5) is 12.2. The number of hydrogen-bond donors (Lipinski definition) is 0. The number of hydrogen-bond acceptors (Lipinski definition) is 4. The zero-order chi connectivity index (χ0) is 22.9. The van der Waals surface area contributed by atoms with E-state index in [1.807, 2.05) is 6.07 Å². The molecule has 0 unspecified atom stereocenters. The first-order valence-corrected chi connectivity index (χ1v) is 10.8. The molecule has 0 amide bonds. The van der Waals surface area contributed by atoms with Crippen LogP contribution in [0.2, 0.25) is 15.1 Å². The van der Waals surface area contributed by atoms with Gasteiger partial charge < -0.3 is 9.47 Å². The third-order valence-electron chi connectivity index (χ3n) is 4.35. The van der Waals surface area contributed by atoms with Gasteiger partial charge in [-0.15, -0.1) is 0 Å². The SMILES string of the molecule is N#C/C(=C/c1cccc(OC(=O)CCCOc2ccc(Cl)cc2Cl)c1)c1ccc(Cl)cc1. The number of rotatable bonds is 8. The van der Waals surface area contributed by atoms with Crippen LogP contribution in [0.5, 0.6) is 11.5 Å². The highest BCUT2D eigenvalue weighted by atomic mass is 35.5. The van der Waals surface area contributed by atoms with Crippen molar-refractivity contribution in [3.63, 3.8) is 0 Å². The summed E-state index contributed by atoms with van der Waals surface area (Å²) >= 11 is 17.8. The summed E-state index contributed by atoms with van der Waals surface area (Å²) in [6.45, 7) is 0.311. The van der Waals surface area contributed by atoms with Crippen molar-refractivity contribution in [1.82, 2.24) is 0 Å². The van der Waals surface area contributed by atoms with Gasteiger partial charge in [0.15, 0.2) is 0 Å². The Hall–Kier alpha value is -2.97. The molecule has 0 atom stereocenters. The molecule has 0 aliphatic heterocycles. The van der Waals surface area contributed by atoms with E-state index in [-0.39, 0.29) is 12.4 Å². The van der Waals surface area contributed by atoms with Crippen molar-refractivity contribution in [1.29, 1.82) is 5.26 Å². The number of ether oxygens (including phenoxy) is 2. The van der Waals surface area contributed by atoms with Crippen LogP contribution in [0.4, 0.5) is 0 Å². The molecule has 0 spiro atoms. The van der Waals surface area contributed by atoms with Crippen molar-refractivity contribution in [2.75, 3.05) is 6.61 Å². The van der Waals surface area contributed by atoms with Gasteiger partial charge in [-0.3, -0.25) is 4.79 Å². The first kappa shape index (κ1) is 23.7. The zero-order valence-corrected chi connectivity index (χ0v) is 19.1. The Kier molecular flexibility index (Phi) is 8.58. The summed E-state index contributed by atoms with van der Waals surface area (Å²) in [5.41, 5.74) is 1.96. The summed E-state index contributed by atoms with van der Waals surface area (Å²) in [6, 6.07) is 21.1. The van der Waals surface area contributed by atoms with E-state index in [4.69, 9.17) is 44.3 Å². The van der Waals surface area contributed by atoms with Gasteiger partial charge in [0.2, 0.25) is 0 Å². The molecule has 32 heavy (non-hydrogen) atoms. The Morgan fingerprint density at radius 3 is 2.44 bits per heavy atom. The first-order valence-electron chi connectivity index (χ1n) is 9.71. The predicted octanol–water partition coefficient (Wildman–Crippen LogP) is 7.48. The van der Waals surface area contributed by atoms with Crippen molar-refractivity contribution >= 4 is 52.4 Å². The van der Waals surface area contributed by atoms with Crippen LogP contribution in [0, 0.1) is 11.3 Å². The molecule has 162 valence electrons. The van der Waals surface area contributed by atoms with Crippen LogP contribution < -0.4 is 9.47 Å². The van der Waals surface area contributed by atoms with Crippen LogP contribution >= 0.6 is 34.8 Å². The number of benzene rings is 3. The second-order valence-electron chi connectivity index (χ2n) is 6.75. The zero-order valence-electron chi connectivity index (χ0n) is 16.9.